The van der Waals surface area contributed by atoms with Gasteiger partial charge in [-0.2, -0.15) is 0 Å². The molecule has 0 rings (SSSR count). The third-order valence-corrected chi connectivity index (χ3v) is 11.4. The first-order valence-corrected chi connectivity index (χ1v) is 26.1. The van der Waals surface area contributed by atoms with Gasteiger partial charge >= 0.3 is 0 Å². The highest BCUT2D eigenvalue weighted by molar-refractivity contribution is 5.73. The molecule has 0 saturated heterocycles. The number of likely N-dealkylation sites (N-methyl/N-ethyl adjacent to an activating group) is 1. The molecular weight excluding hydrogens is 789 g/mol. The van der Waals surface area contributed by atoms with Crippen molar-refractivity contribution in [2.75, 3.05) is 7.05 Å². The van der Waals surface area contributed by atoms with E-state index >= 15 is 0 Å². The number of hydrogen-bond acceptors (Lipinski definition) is 4. The maximum atomic E-state index is 4.54. The molecule has 5 atom stereocenters. The van der Waals surface area contributed by atoms with E-state index in [4.69, 9.17) is 0 Å². The number of nitrogens with one attached hydrogen (secondary N) is 1. The first-order valence-electron chi connectivity index (χ1n) is 26.1. The van der Waals surface area contributed by atoms with Crippen molar-refractivity contribution in [3.63, 3.8) is 0 Å². The fourth-order valence-corrected chi connectivity index (χ4v) is 7.53. The van der Waals surface area contributed by atoms with Crippen molar-refractivity contribution in [3.05, 3.63) is 146 Å². The topological polar surface area (TPSA) is 49.1 Å². The summed E-state index contributed by atoms with van der Waals surface area (Å²) in [6.45, 7) is 25.6. The molecule has 65 heavy (non-hydrogen) atoms. The van der Waals surface area contributed by atoms with E-state index in [0.717, 1.165) is 81.3 Å². The van der Waals surface area contributed by atoms with Crippen molar-refractivity contribution in [3.8, 4) is 0 Å². The summed E-state index contributed by atoms with van der Waals surface area (Å²) in [7, 11) is 2.11. The summed E-state index contributed by atoms with van der Waals surface area (Å²) < 4.78 is 0. The molecule has 0 heterocycles. The minimum Gasteiger partial charge on any atom is -0.314 e. The van der Waals surface area contributed by atoms with Crippen LogP contribution in [-0.2, 0) is 0 Å². The van der Waals surface area contributed by atoms with Crippen LogP contribution in [0.2, 0.25) is 0 Å². The molecule has 0 fully saturated rings. The summed E-state index contributed by atoms with van der Waals surface area (Å²) in [4.78, 5) is 13.5. The van der Waals surface area contributed by atoms with Crippen LogP contribution in [0.3, 0.4) is 0 Å². The Morgan fingerprint density at radius 3 is 1.25 bits per heavy atom. The quantitative estimate of drug-likeness (QED) is 0.0282. The molecule has 0 aromatic rings. The average molecular weight is 887 g/mol. The highest BCUT2D eigenvalue weighted by Crippen LogP contribution is 2.29. The summed E-state index contributed by atoms with van der Waals surface area (Å²) in [6.07, 6.45) is 72.0. The lowest BCUT2D eigenvalue weighted by Crippen LogP contribution is -2.23. The lowest BCUT2D eigenvalue weighted by atomic mass is 9.82. The largest absolute Gasteiger partial charge is 0.314 e. The van der Waals surface area contributed by atoms with Gasteiger partial charge in [0.2, 0.25) is 0 Å². The molecule has 0 aromatic carbocycles. The second-order valence-corrected chi connectivity index (χ2v) is 17.5. The van der Waals surface area contributed by atoms with E-state index in [2.05, 4.69) is 180 Å². The van der Waals surface area contributed by atoms with E-state index in [-0.39, 0.29) is 11.8 Å². The number of unbranched alkanes of at least 4 members (excludes halogenated alkanes) is 9. The number of nitrogens with zero attached hydrogens (tertiary/aromatic N) is 3. The fraction of sp³-hybridized carbons (Fsp3) is 0.557. The molecule has 0 aliphatic rings. The van der Waals surface area contributed by atoms with Gasteiger partial charge in [0.1, 0.15) is 0 Å². The maximum Gasteiger partial charge on any atom is 0.0331 e. The Kier molecular flexibility index (Phi) is 43.4. The summed E-state index contributed by atoms with van der Waals surface area (Å²) in [5, 5.41) is 3.61. The van der Waals surface area contributed by atoms with Crippen molar-refractivity contribution in [2.45, 2.75) is 189 Å². The molecule has 4 heteroatoms. The van der Waals surface area contributed by atoms with Crippen LogP contribution in [0.5, 0.6) is 0 Å². The van der Waals surface area contributed by atoms with Gasteiger partial charge in [-0.15, -0.1) is 0 Å². The zero-order valence-electron chi connectivity index (χ0n) is 43.0. The Morgan fingerprint density at radius 1 is 0.400 bits per heavy atom. The summed E-state index contributed by atoms with van der Waals surface area (Å²) in [5.41, 5.74) is 2.79. The van der Waals surface area contributed by atoms with Crippen LogP contribution in [0.15, 0.2) is 161 Å². The van der Waals surface area contributed by atoms with E-state index < -0.39 is 0 Å². The fourth-order valence-electron chi connectivity index (χ4n) is 7.53. The van der Waals surface area contributed by atoms with Gasteiger partial charge in [0.25, 0.3) is 0 Å². The first-order chi connectivity index (χ1) is 31.8. The van der Waals surface area contributed by atoms with Gasteiger partial charge < -0.3 is 5.32 Å². The van der Waals surface area contributed by atoms with Crippen molar-refractivity contribution in [2.24, 2.45) is 38.6 Å². The Labute approximate surface area is 403 Å². The van der Waals surface area contributed by atoms with E-state index in [1.807, 2.05) is 36.9 Å². The minimum absolute atomic E-state index is 0.253. The highest BCUT2D eigenvalue weighted by atomic mass is 14.9. The molecular formula is C61H98N4. The predicted molar refractivity (Wildman–Crippen MR) is 298 cm³/mol. The van der Waals surface area contributed by atoms with Crippen molar-refractivity contribution in [1.82, 2.24) is 5.32 Å². The number of allylic oxidation sites excluding steroid dienone is 20. The van der Waals surface area contributed by atoms with E-state index in [0.29, 0.717) is 17.9 Å². The molecule has 4 nitrogen and oxygen atoms in total. The van der Waals surface area contributed by atoms with Crippen LogP contribution in [0, 0.1) is 23.7 Å². The summed E-state index contributed by atoms with van der Waals surface area (Å²) in [5.74, 6) is 1.27. The van der Waals surface area contributed by atoms with Gasteiger partial charge in [0.05, 0.1) is 0 Å². The predicted octanol–water partition coefficient (Wildman–Crippen LogP) is 18.5. The van der Waals surface area contributed by atoms with Gasteiger partial charge in [-0.25, -0.2) is 0 Å². The molecule has 1 N–H and O–H groups in total. The van der Waals surface area contributed by atoms with Crippen molar-refractivity contribution >= 4 is 18.6 Å². The Hall–Kier alpha value is -4.15. The molecule has 0 bridgehead atoms. The SMILES string of the molecule is C=C(CCC)/N=C/C=C/C=C/C/C=C\C(CCCCCC)C(/C=C\C(CCCCCC)C(/C=C\C(CCCCCC)NC)/C=C/C=C/C=N/C(=C)CCC)/C=C/C=C/C=N/C(=C)CCC. The second kappa shape index (κ2) is 46.4. The van der Waals surface area contributed by atoms with Crippen molar-refractivity contribution < 1.29 is 0 Å². The molecule has 0 aliphatic carbocycles. The highest BCUT2D eigenvalue weighted by Gasteiger charge is 2.18. The van der Waals surface area contributed by atoms with Crippen LogP contribution in [-0.4, -0.2) is 31.7 Å². The Balaban J connectivity index is 7.14. The van der Waals surface area contributed by atoms with Gasteiger partial charge in [0.15, 0.2) is 0 Å². The third kappa shape index (κ3) is 37.7. The van der Waals surface area contributed by atoms with Crippen LogP contribution in [0.4, 0.5) is 0 Å². The average Bonchev–Trinajstić information content (AvgIpc) is 3.29. The molecule has 0 radical (unpaired) electrons. The molecule has 0 aliphatic heterocycles. The van der Waals surface area contributed by atoms with Gasteiger partial charge in [-0.3, -0.25) is 15.0 Å². The lowest BCUT2D eigenvalue weighted by Gasteiger charge is -2.23. The van der Waals surface area contributed by atoms with Crippen LogP contribution in [0.25, 0.3) is 0 Å². The molecule has 0 saturated carbocycles. The van der Waals surface area contributed by atoms with Gasteiger partial charge in [-0.1, -0.05) is 249 Å². The van der Waals surface area contributed by atoms with E-state index in [9.17, 15) is 0 Å². The Morgan fingerprint density at radius 2 is 0.815 bits per heavy atom. The van der Waals surface area contributed by atoms with Gasteiger partial charge in [-0.05, 0) is 82.1 Å². The lowest BCUT2D eigenvalue weighted by molar-refractivity contribution is 0.456. The number of aliphatic imine (C=N–C) groups is 3. The molecule has 0 amide bonds. The monoisotopic (exact) mass is 887 g/mol. The standard InChI is InChI=1S/C61H98N4/c1-11-17-20-29-41-57(42-31-25-23-24-26-35-51-63-54(7)38-14-4)58(44-32-27-36-52-64-55(8)39-15-5)47-48-59(43-30-21-18-12-2)60(45-33-28-37-53-65-56(9)40-16-6)49-50-61(62-10)46-34-22-19-13-3/h23-24,26-28,31-33,35-37,42,44-45,47-53,57-62H,7-9,11-22,25,29-30,34,38-41,43,46H2,1-6,10H3/b24-23+,35-26+,36-27+,37-28+,42-31-,44-32+,45-33+,48-47-,50-49-,63-51+,64-52+,65-53+. The van der Waals surface area contributed by atoms with Gasteiger partial charge in [0, 0.05) is 53.6 Å². The third-order valence-electron chi connectivity index (χ3n) is 11.4. The minimum atomic E-state index is 0.253. The second-order valence-electron chi connectivity index (χ2n) is 17.5. The number of hydrogen-bond donors (Lipinski definition) is 1. The molecule has 0 aromatic heterocycles. The molecule has 362 valence electrons. The zero-order chi connectivity index (χ0) is 47.9. The normalized spacial score (nSPS) is 15.6. The number of rotatable bonds is 42. The molecule has 5 unspecified atom stereocenters. The van der Waals surface area contributed by atoms with Crippen LogP contribution >= 0.6 is 0 Å². The van der Waals surface area contributed by atoms with Crippen LogP contribution < -0.4 is 5.32 Å². The summed E-state index contributed by atoms with van der Waals surface area (Å²) >= 11 is 0. The van der Waals surface area contributed by atoms with E-state index in [1.165, 1.54) is 77.0 Å². The smallest absolute Gasteiger partial charge is 0.0331 e. The van der Waals surface area contributed by atoms with E-state index in [1.54, 1.807) is 0 Å². The van der Waals surface area contributed by atoms with Crippen LogP contribution in [0.1, 0.15) is 183 Å². The Bertz CT molecular complexity index is 1550. The van der Waals surface area contributed by atoms with Crippen molar-refractivity contribution in [1.29, 1.82) is 0 Å². The first kappa shape index (κ1) is 60.9. The zero-order valence-corrected chi connectivity index (χ0v) is 43.0. The maximum absolute atomic E-state index is 4.54. The molecule has 0 spiro atoms. The summed E-state index contributed by atoms with van der Waals surface area (Å²) in [6, 6.07) is 0.367.